The van der Waals surface area contributed by atoms with Gasteiger partial charge >= 0.3 is 0 Å². The van der Waals surface area contributed by atoms with Crippen LogP contribution >= 0.6 is 0 Å². The maximum Gasteiger partial charge on any atom is 0.225 e. The van der Waals surface area contributed by atoms with Gasteiger partial charge in [-0.15, -0.1) is 0 Å². The highest BCUT2D eigenvalue weighted by molar-refractivity contribution is 5.85. The van der Waals surface area contributed by atoms with Crippen molar-refractivity contribution < 1.29 is 18.7 Å². The number of carbonyl (C=O) groups excluding carboxylic acids is 2. The number of likely N-dealkylation sites (tertiary alicyclic amines) is 1. The minimum absolute atomic E-state index is 0.0554. The average molecular weight is 362 g/mol. The molecule has 1 aliphatic heterocycles. The molecule has 0 spiro atoms. The third-order valence-corrected chi connectivity index (χ3v) is 5.50. The molecular formula is C20H27FN2O3. The van der Waals surface area contributed by atoms with Crippen molar-refractivity contribution in [3.8, 4) is 0 Å². The van der Waals surface area contributed by atoms with Gasteiger partial charge < -0.3 is 15.0 Å². The SMILES string of the molecule is COCCN1C(=O)CC[C@@H](C(=O)NC2CCCC2)[C@@H]1c1ccccc1F. The normalized spacial score (nSPS) is 24.1. The van der Waals surface area contributed by atoms with Gasteiger partial charge in [0.1, 0.15) is 5.82 Å². The first-order chi connectivity index (χ1) is 12.6. The highest BCUT2D eigenvalue weighted by Crippen LogP contribution is 2.38. The zero-order valence-corrected chi connectivity index (χ0v) is 15.2. The molecular weight excluding hydrogens is 335 g/mol. The summed E-state index contributed by atoms with van der Waals surface area (Å²) in [5.41, 5.74) is 0.406. The molecule has 26 heavy (non-hydrogen) atoms. The Morgan fingerprint density at radius 2 is 2.00 bits per heavy atom. The lowest BCUT2D eigenvalue weighted by molar-refractivity contribution is -0.144. The fourth-order valence-electron chi connectivity index (χ4n) is 4.16. The first-order valence-electron chi connectivity index (χ1n) is 9.45. The van der Waals surface area contributed by atoms with Crippen molar-refractivity contribution in [2.24, 2.45) is 5.92 Å². The Labute approximate surface area is 153 Å². The molecule has 1 saturated heterocycles. The van der Waals surface area contributed by atoms with E-state index in [-0.39, 0.29) is 23.7 Å². The number of amides is 2. The van der Waals surface area contributed by atoms with Crippen LogP contribution in [0, 0.1) is 11.7 Å². The monoisotopic (exact) mass is 362 g/mol. The van der Waals surface area contributed by atoms with E-state index in [2.05, 4.69) is 5.32 Å². The second-order valence-electron chi connectivity index (χ2n) is 7.18. The molecule has 1 aromatic rings. The maximum atomic E-state index is 14.5. The van der Waals surface area contributed by atoms with Crippen LogP contribution in [0.1, 0.15) is 50.1 Å². The number of benzene rings is 1. The van der Waals surface area contributed by atoms with Crippen LogP contribution in [0.3, 0.4) is 0 Å². The maximum absolute atomic E-state index is 14.5. The number of rotatable bonds is 6. The van der Waals surface area contributed by atoms with E-state index in [0.29, 0.717) is 31.6 Å². The zero-order chi connectivity index (χ0) is 18.5. The van der Waals surface area contributed by atoms with E-state index >= 15 is 0 Å². The summed E-state index contributed by atoms with van der Waals surface area (Å²) in [5.74, 6) is -0.948. The van der Waals surface area contributed by atoms with Gasteiger partial charge in [0, 0.05) is 31.7 Å². The molecule has 1 saturated carbocycles. The molecule has 0 bridgehead atoms. The summed E-state index contributed by atoms with van der Waals surface area (Å²) < 4.78 is 19.7. The van der Waals surface area contributed by atoms with Gasteiger partial charge in [0.05, 0.1) is 18.6 Å². The smallest absolute Gasteiger partial charge is 0.225 e. The van der Waals surface area contributed by atoms with E-state index in [1.54, 1.807) is 30.2 Å². The molecule has 2 aliphatic rings. The summed E-state index contributed by atoms with van der Waals surface area (Å²) >= 11 is 0. The van der Waals surface area contributed by atoms with E-state index in [1.165, 1.54) is 6.07 Å². The quantitative estimate of drug-likeness (QED) is 0.847. The van der Waals surface area contributed by atoms with Crippen LogP contribution < -0.4 is 5.32 Å². The molecule has 3 rings (SSSR count). The molecule has 142 valence electrons. The first-order valence-corrected chi connectivity index (χ1v) is 9.45. The molecule has 5 nitrogen and oxygen atoms in total. The summed E-state index contributed by atoms with van der Waals surface area (Å²) in [5, 5.41) is 3.13. The van der Waals surface area contributed by atoms with E-state index in [1.807, 2.05) is 0 Å². The predicted octanol–water partition coefficient (Wildman–Crippen LogP) is 2.81. The van der Waals surface area contributed by atoms with Crippen molar-refractivity contribution in [3.63, 3.8) is 0 Å². The van der Waals surface area contributed by atoms with Crippen molar-refractivity contribution >= 4 is 11.8 Å². The Balaban J connectivity index is 1.88. The standard InChI is InChI=1S/C20H27FN2O3/c1-26-13-12-23-18(24)11-10-16(20(25)22-14-6-2-3-7-14)19(23)15-8-4-5-9-17(15)21/h4-5,8-9,14,16,19H,2-3,6-7,10-13H2,1H3,(H,22,25)/t16-,19+/m1/s1. The Morgan fingerprint density at radius 1 is 1.27 bits per heavy atom. The fourth-order valence-corrected chi connectivity index (χ4v) is 4.16. The molecule has 1 aliphatic carbocycles. The zero-order valence-electron chi connectivity index (χ0n) is 15.2. The third-order valence-electron chi connectivity index (χ3n) is 5.50. The number of nitrogens with zero attached hydrogens (tertiary/aromatic N) is 1. The Bertz CT molecular complexity index is 646. The molecule has 2 amide bonds. The molecule has 0 unspecified atom stereocenters. The molecule has 1 aromatic carbocycles. The number of methoxy groups -OCH3 is 1. The summed E-state index contributed by atoms with van der Waals surface area (Å²) in [6.45, 7) is 0.704. The summed E-state index contributed by atoms with van der Waals surface area (Å²) in [4.78, 5) is 27.1. The second kappa shape index (κ2) is 8.62. The summed E-state index contributed by atoms with van der Waals surface area (Å²) in [6.07, 6.45) is 5.00. The van der Waals surface area contributed by atoms with E-state index < -0.39 is 12.0 Å². The minimum Gasteiger partial charge on any atom is -0.383 e. The second-order valence-corrected chi connectivity index (χ2v) is 7.18. The van der Waals surface area contributed by atoms with Gasteiger partial charge in [0.25, 0.3) is 0 Å². The van der Waals surface area contributed by atoms with E-state index in [4.69, 9.17) is 4.74 Å². The molecule has 0 radical (unpaired) electrons. The van der Waals surface area contributed by atoms with Crippen molar-refractivity contribution in [2.75, 3.05) is 20.3 Å². The molecule has 2 fully saturated rings. The van der Waals surface area contributed by atoms with E-state index in [9.17, 15) is 14.0 Å². The van der Waals surface area contributed by atoms with Crippen molar-refractivity contribution in [1.29, 1.82) is 0 Å². The van der Waals surface area contributed by atoms with Crippen LogP contribution in [0.5, 0.6) is 0 Å². The lowest BCUT2D eigenvalue weighted by atomic mass is 9.83. The molecule has 1 N–H and O–H groups in total. The van der Waals surface area contributed by atoms with Gasteiger partial charge in [0.15, 0.2) is 0 Å². The van der Waals surface area contributed by atoms with Crippen molar-refractivity contribution in [3.05, 3.63) is 35.6 Å². The van der Waals surface area contributed by atoms with Crippen LogP contribution in [0.4, 0.5) is 4.39 Å². The van der Waals surface area contributed by atoms with Gasteiger partial charge in [-0.25, -0.2) is 4.39 Å². The highest BCUT2D eigenvalue weighted by Gasteiger charge is 2.42. The van der Waals surface area contributed by atoms with Gasteiger partial charge in [-0.2, -0.15) is 0 Å². The Kier molecular flexibility index (Phi) is 6.25. The van der Waals surface area contributed by atoms with Gasteiger partial charge in [-0.3, -0.25) is 9.59 Å². The first kappa shape index (κ1) is 18.8. The van der Waals surface area contributed by atoms with Crippen molar-refractivity contribution in [1.82, 2.24) is 10.2 Å². The number of hydrogen-bond acceptors (Lipinski definition) is 3. The summed E-state index contributed by atoms with van der Waals surface area (Å²) in [7, 11) is 1.57. The summed E-state index contributed by atoms with van der Waals surface area (Å²) in [6, 6.07) is 6.04. The highest BCUT2D eigenvalue weighted by atomic mass is 19.1. The molecule has 6 heteroatoms. The topological polar surface area (TPSA) is 58.6 Å². The molecule has 1 heterocycles. The van der Waals surface area contributed by atoms with Gasteiger partial charge in [-0.1, -0.05) is 31.0 Å². The van der Waals surface area contributed by atoms with Crippen molar-refractivity contribution in [2.45, 2.75) is 50.6 Å². The van der Waals surface area contributed by atoms with Crippen LogP contribution in [0.15, 0.2) is 24.3 Å². The van der Waals surface area contributed by atoms with Gasteiger partial charge in [0.2, 0.25) is 11.8 Å². The molecule has 2 atom stereocenters. The number of hydrogen-bond donors (Lipinski definition) is 1. The van der Waals surface area contributed by atoms with Crippen LogP contribution in [-0.4, -0.2) is 43.0 Å². The lowest BCUT2D eigenvalue weighted by Crippen LogP contribution is -2.50. The number of nitrogens with one attached hydrogen (secondary N) is 1. The number of carbonyl (C=O) groups is 2. The number of halogens is 1. The fraction of sp³-hybridized carbons (Fsp3) is 0.600. The average Bonchev–Trinajstić information content (AvgIpc) is 3.14. The van der Waals surface area contributed by atoms with Crippen LogP contribution in [0.2, 0.25) is 0 Å². The van der Waals surface area contributed by atoms with Crippen LogP contribution in [0.25, 0.3) is 0 Å². The van der Waals surface area contributed by atoms with Gasteiger partial charge in [-0.05, 0) is 25.3 Å². The Morgan fingerprint density at radius 3 is 2.69 bits per heavy atom. The van der Waals surface area contributed by atoms with E-state index in [0.717, 1.165) is 25.7 Å². The minimum atomic E-state index is -0.589. The number of piperidine rings is 1. The van der Waals surface area contributed by atoms with Crippen LogP contribution in [-0.2, 0) is 14.3 Å². The molecule has 0 aromatic heterocycles. The largest absolute Gasteiger partial charge is 0.383 e. The predicted molar refractivity (Wildman–Crippen MR) is 95.9 cm³/mol. The lowest BCUT2D eigenvalue weighted by Gasteiger charge is -2.41. The number of ether oxygens (including phenoxy) is 1. The Hall–Kier alpha value is -1.95. The third kappa shape index (κ3) is 4.06.